The van der Waals surface area contributed by atoms with Crippen LogP contribution in [0.1, 0.15) is 37.3 Å². The van der Waals surface area contributed by atoms with Gasteiger partial charge in [0.1, 0.15) is 11.9 Å². The number of hydrogen-bond donors (Lipinski definition) is 1. The van der Waals surface area contributed by atoms with Gasteiger partial charge in [0.2, 0.25) is 0 Å². The molecule has 1 aliphatic rings. The van der Waals surface area contributed by atoms with Crippen molar-refractivity contribution in [3.8, 4) is 5.75 Å². The molecule has 1 N–H and O–H groups in total. The lowest BCUT2D eigenvalue weighted by Crippen LogP contribution is -2.29. The molecule has 0 aromatic heterocycles. The van der Waals surface area contributed by atoms with Crippen LogP contribution in [0.3, 0.4) is 0 Å². The molecule has 1 heterocycles. The predicted octanol–water partition coefficient (Wildman–Crippen LogP) is 3.46. The van der Waals surface area contributed by atoms with Gasteiger partial charge in [-0.15, -0.1) is 0 Å². The van der Waals surface area contributed by atoms with E-state index in [9.17, 15) is 0 Å². The Morgan fingerprint density at radius 2 is 2.22 bits per heavy atom. The molecule has 1 saturated heterocycles. The Hall–Kier alpha value is -1.02. The van der Waals surface area contributed by atoms with Crippen molar-refractivity contribution in [2.75, 3.05) is 13.1 Å². The van der Waals surface area contributed by atoms with E-state index in [0.717, 1.165) is 25.3 Å². The van der Waals surface area contributed by atoms with Crippen molar-refractivity contribution >= 4 is 0 Å². The number of nitrogens with one attached hydrogen (secondary N) is 1. The fourth-order valence-electron chi connectivity index (χ4n) is 2.68. The van der Waals surface area contributed by atoms with E-state index in [0.29, 0.717) is 12.0 Å². The van der Waals surface area contributed by atoms with Gasteiger partial charge in [-0.05, 0) is 50.4 Å². The fourth-order valence-corrected chi connectivity index (χ4v) is 2.68. The van der Waals surface area contributed by atoms with E-state index < -0.39 is 0 Å². The van der Waals surface area contributed by atoms with Crippen LogP contribution in [0.25, 0.3) is 0 Å². The molecule has 1 aromatic rings. The van der Waals surface area contributed by atoms with Crippen molar-refractivity contribution in [2.45, 2.75) is 46.1 Å². The third kappa shape index (κ3) is 3.05. The molecular weight excluding hydrogens is 222 g/mol. The van der Waals surface area contributed by atoms with E-state index >= 15 is 0 Å². The Morgan fingerprint density at radius 3 is 2.89 bits per heavy atom. The first kappa shape index (κ1) is 13.4. The molecule has 1 aromatic carbocycles. The largest absolute Gasteiger partial charge is 0.490 e. The summed E-state index contributed by atoms with van der Waals surface area (Å²) in [4.78, 5) is 0. The summed E-state index contributed by atoms with van der Waals surface area (Å²) in [5.41, 5.74) is 2.59. The Bertz CT molecular complexity index is 383. The van der Waals surface area contributed by atoms with Crippen molar-refractivity contribution in [1.82, 2.24) is 5.32 Å². The molecule has 100 valence electrons. The van der Waals surface area contributed by atoms with Gasteiger partial charge in [0.25, 0.3) is 0 Å². The van der Waals surface area contributed by atoms with Gasteiger partial charge in [0, 0.05) is 12.5 Å². The minimum atomic E-state index is 0.366. The van der Waals surface area contributed by atoms with E-state index in [1.165, 1.54) is 24.0 Å². The maximum atomic E-state index is 6.31. The smallest absolute Gasteiger partial charge is 0.122 e. The molecule has 0 radical (unpaired) electrons. The molecule has 1 aliphatic heterocycles. The Morgan fingerprint density at radius 1 is 1.39 bits per heavy atom. The zero-order valence-electron chi connectivity index (χ0n) is 11.8. The molecule has 2 nitrogen and oxygen atoms in total. The van der Waals surface area contributed by atoms with Crippen LogP contribution in [0.5, 0.6) is 5.75 Å². The highest BCUT2D eigenvalue weighted by atomic mass is 16.5. The van der Waals surface area contributed by atoms with Gasteiger partial charge in [-0.2, -0.15) is 0 Å². The van der Waals surface area contributed by atoms with Crippen LogP contribution in [0, 0.1) is 19.8 Å². The van der Waals surface area contributed by atoms with E-state index in [1.54, 1.807) is 0 Å². The van der Waals surface area contributed by atoms with Crippen LogP contribution in [-0.2, 0) is 0 Å². The summed E-state index contributed by atoms with van der Waals surface area (Å²) >= 11 is 0. The minimum absolute atomic E-state index is 0.366. The molecule has 0 saturated carbocycles. The first-order chi connectivity index (χ1) is 8.72. The van der Waals surface area contributed by atoms with Gasteiger partial charge in [-0.3, -0.25) is 0 Å². The van der Waals surface area contributed by atoms with Gasteiger partial charge in [-0.1, -0.05) is 25.5 Å². The van der Waals surface area contributed by atoms with Crippen molar-refractivity contribution in [3.63, 3.8) is 0 Å². The molecule has 18 heavy (non-hydrogen) atoms. The van der Waals surface area contributed by atoms with Crippen LogP contribution < -0.4 is 10.1 Å². The Labute approximate surface area is 111 Å². The number of benzene rings is 1. The van der Waals surface area contributed by atoms with Crippen LogP contribution in [0.2, 0.25) is 0 Å². The topological polar surface area (TPSA) is 21.3 Å². The van der Waals surface area contributed by atoms with Crippen LogP contribution in [0.15, 0.2) is 18.2 Å². The van der Waals surface area contributed by atoms with Gasteiger partial charge in [0.15, 0.2) is 0 Å². The normalized spacial score (nSPS) is 20.9. The Kier molecular flexibility index (Phi) is 4.65. The van der Waals surface area contributed by atoms with Crippen molar-refractivity contribution < 1.29 is 4.74 Å². The maximum absolute atomic E-state index is 6.31. The average molecular weight is 247 g/mol. The number of hydrogen-bond acceptors (Lipinski definition) is 2. The van der Waals surface area contributed by atoms with Crippen molar-refractivity contribution in [2.24, 2.45) is 5.92 Å². The van der Waals surface area contributed by atoms with Crippen LogP contribution in [-0.4, -0.2) is 19.2 Å². The average Bonchev–Trinajstić information content (AvgIpc) is 2.88. The summed E-state index contributed by atoms with van der Waals surface area (Å²) in [6.45, 7) is 8.78. The van der Waals surface area contributed by atoms with E-state index in [2.05, 4.69) is 44.3 Å². The highest BCUT2D eigenvalue weighted by molar-refractivity contribution is 5.38. The van der Waals surface area contributed by atoms with Crippen molar-refractivity contribution in [3.05, 3.63) is 29.3 Å². The van der Waals surface area contributed by atoms with Crippen LogP contribution in [0.4, 0.5) is 0 Å². The summed E-state index contributed by atoms with van der Waals surface area (Å²) < 4.78 is 6.31. The quantitative estimate of drug-likeness (QED) is 0.860. The molecule has 0 aliphatic carbocycles. The summed E-state index contributed by atoms with van der Waals surface area (Å²) in [6.07, 6.45) is 3.95. The molecule has 1 unspecified atom stereocenters. The summed E-state index contributed by atoms with van der Waals surface area (Å²) in [7, 11) is 0. The molecular formula is C16H25NO. The Balaban J connectivity index is 2.10. The molecule has 2 rings (SSSR count). The second-order valence-electron chi connectivity index (χ2n) is 5.40. The highest BCUT2D eigenvalue weighted by Gasteiger charge is 2.26. The van der Waals surface area contributed by atoms with Gasteiger partial charge >= 0.3 is 0 Å². The second-order valence-corrected chi connectivity index (χ2v) is 5.40. The number of rotatable bonds is 5. The van der Waals surface area contributed by atoms with Crippen LogP contribution >= 0.6 is 0 Å². The molecule has 0 amide bonds. The second kappa shape index (κ2) is 6.24. The highest BCUT2D eigenvalue weighted by Crippen LogP contribution is 2.27. The van der Waals surface area contributed by atoms with E-state index in [1.807, 2.05) is 0 Å². The summed E-state index contributed by atoms with van der Waals surface area (Å²) in [5.74, 6) is 1.74. The summed E-state index contributed by atoms with van der Waals surface area (Å²) in [5, 5.41) is 3.44. The first-order valence-electron chi connectivity index (χ1n) is 7.16. The van der Waals surface area contributed by atoms with Gasteiger partial charge in [0.05, 0.1) is 0 Å². The number of ether oxygens (including phenoxy) is 1. The first-order valence-corrected chi connectivity index (χ1v) is 7.16. The molecule has 0 bridgehead atoms. The fraction of sp³-hybridized carbons (Fsp3) is 0.625. The molecule has 2 heteroatoms. The van der Waals surface area contributed by atoms with Gasteiger partial charge < -0.3 is 10.1 Å². The third-order valence-electron chi connectivity index (χ3n) is 4.03. The zero-order valence-corrected chi connectivity index (χ0v) is 11.8. The molecule has 1 fully saturated rings. The van der Waals surface area contributed by atoms with Crippen molar-refractivity contribution in [1.29, 1.82) is 0 Å². The standard InChI is InChI=1S/C16H25NO/c1-4-6-16(14-9-10-17-11-14)18-15-8-5-7-12(2)13(15)3/h5,7-8,14,16-17H,4,6,9-11H2,1-3H3/t14?,16-/m0/s1. The van der Waals surface area contributed by atoms with E-state index in [4.69, 9.17) is 4.74 Å². The van der Waals surface area contributed by atoms with Gasteiger partial charge in [-0.25, -0.2) is 0 Å². The monoisotopic (exact) mass is 247 g/mol. The zero-order chi connectivity index (χ0) is 13.0. The minimum Gasteiger partial charge on any atom is -0.490 e. The SMILES string of the molecule is CCC[C@H](Oc1cccc(C)c1C)C1CCNC1. The number of aryl methyl sites for hydroxylation is 1. The lowest BCUT2D eigenvalue weighted by atomic mass is 9.97. The van der Waals surface area contributed by atoms with E-state index in [-0.39, 0.29) is 0 Å². The lowest BCUT2D eigenvalue weighted by Gasteiger charge is -2.25. The predicted molar refractivity (Wildman–Crippen MR) is 76.2 cm³/mol. The third-order valence-corrected chi connectivity index (χ3v) is 4.03. The lowest BCUT2D eigenvalue weighted by molar-refractivity contribution is 0.131. The molecule has 0 spiro atoms. The summed E-state index contributed by atoms with van der Waals surface area (Å²) in [6, 6.07) is 6.34. The maximum Gasteiger partial charge on any atom is 0.122 e. The molecule has 2 atom stereocenters.